The van der Waals surface area contributed by atoms with Crippen LogP contribution in [0.15, 0.2) is 84.9 Å². The van der Waals surface area contributed by atoms with Gasteiger partial charge in [-0.15, -0.1) is 0 Å². The largest absolute Gasteiger partial charge is 0.457 e. The predicted molar refractivity (Wildman–Crippen MR) is 224 cm³/mol. The summed E-state index contributed by atoms with van der Waals surface area (Å²) in [5, 5.41) is 6.66. The number of nitrogens with zero attached hydrogens (tertiary/aromatic N) is 2. The predicted octanol–water partition coefficient (Wildman–Crippen LogP) is 12.5. The molecule has 282 valence electrons. The van der Waals surface area contributed by atoms with Crippen LogP contribution in [0.3, 0.4) is 0 Å². The number of aryl methyl sites for hydroxylation is 1. The van der Waals surface area contributed by atoms with E-state index in [2.05, 4.69) is 53.6 Å². The van der Waals surface area contributed by atoms with Crippen LogP contribution in [0, 0.1) is 6.92 Å². The first-order valence-electron chi connectivity index (χ1n) is 20.2. The third-order valence-corrected chi connectivity index (χ3v) is 10.6. The number of ether oxygens (including phenoxy) is 1. The van der Waals surface area contributed by atoms with Crippen LogP contribution in [0.1, 0.15) is 112 Å². The average Bonchev–Trinajstić information content (AvgIpc) is 3.19. The number of aromatic nitrogens is 1. The van der Waals surface area contributed by atoms with Crippen molar-refractivity contribution in [1.29, 1.82) is 0 Å². The summed E-state index contributed by atoms with van der Waals surface area (Å²) in [6.45, 7) is 8.50. The van der Waals surface area contributed by atoms with Crippen molar-refractivity contribution in [2.45, 2.75) is 97.8 Å². The molecule has 1 aromatic heterocycles. The maximum absolute atomic E-state index is 14.2. The van der Waals surface area contributed by atoms with Gasteiger partial charge in [0.1, 0.15) is 11.5 Å². The van der Waals surface area contributed by atoms with E-state index in [1.165, 1.54) is 64.2 Å². The number of urea groups is 1. The van der Waals surface area contributed by atoms with Crippen LogP contribution >= 0.6 is 0 Å². The highest BCUT2D eigenvalue weighted by atomic mass is 16.5. The van der Waals surface area contributed by atoms with Gasteiger partial charge < -0.3 is 20.3 Å². The fourth-order valence-corrected chi connectivity index (χ4v) is 7.64. The first-order chi connectivity index (χ1) is 26.4. The lowest BCUT2D eigenvalue weighted by Gasteiger charge is -2.27. The molecule has 1 heterocycles. The molecule has 1 aliphatic carbocycles. The maximum Gasteiger partial charge on any atom is 0.318 e. The van der Waals surface area contributed by atoms with Gasteiger partial charge in [0.15, 0.2) is 5.78 Å². The number of unbranched alkanes of at least 4 members (excludes halogenated alkanes) is 10. The standard InChI is InChI=1S/C47H56N4O3/c1-5-7-9-11-13-20-28-51(29-21-14-12-10-8-6-2)34-26-27-38(40(31-34)50-47(53)48-4)41-32-39-36-24-18-19-25-37(36)46(52)44-42(54-35-22-16-15-17-23-35)30-33(3)45(49-41)43(39)44/h15-19,22-27,30-32H,5-14,20-21,28-29H2,1-4H3,(H2,48,50,53). The van der Waals surface area contributed by atoms with Crippen LogP contribution < -0.4 is 20.3 Å². The van der Waals surface area contributed by atoms with Gasteiger partial charge in [-0.2, -0.15) is 0 Å². The minimum Gasteiger partial charge on any atom is -0.457 e. The van der Waals surface area contributed by atoms with Gasteiger partial charge in [-0.3, -0.25) is 4.79 Å². The summed E-state index contributed by atoms with van der Waals surface area (Å²) >= 11 is 0. The van der Waals surface area contributed by atoms with Crippen molar-refractivity contribution in [1.82, 2.24) is 10.3 Å². The highest BCUT2D eigenvalue weighted by molar-refractivity contribution is 6.27. The average molecular weight is 725 g/mol. The van der Waals surface area contributed by atoms with E-state index in [9.17, 15) is 9.59 Å². The molecule has 0 spiro atoms. The van der Waals surface area contributed by atoms with Crippen molar-refractivity contribution in [3.05, 3.63) is 102 Å². The third-order valence-electron chi connectivity index (χ3n) is 10.6. The van der Waals surface area contributed by atoms with E-state index in [1.54, 1.807) is 7.05 Å². The SMILES string of the molecule is CCCCCCCCN(CCCCCCCC)c1ccc(-c2cc3c4c(c(Oc5ccccc5)cc(C)c4n2)C(=O)c2ccccc2-3)c(NC(=O)NC)c1. The molecule has 6 rings (SSSR count). The second kappa shape index (κ2) is 18.7. The Morgan fingerprint density at radius 2 is 1.33 bits per heavy atom. The van der Waals surface area contributed by atoms with E-state index in [4.69, 9.17) is 9.72 Å². The number of anilines is 2. The zero-order chi connectivity index (χ0) is 37.9. The minimum atomic E-state index is -0.286. The van der Waals surface area contributed by atoms with E-state index < -0.39 is 0 Å². The van der Waals surface area contributed by atoms with Crippen molar-refractivity contribution in [3.63, 3.8) is 0 Å². The number of para-hydroxylation sites is 1. The van der Waals surface area contributed by atoms with Gasteiger partial charge in [0.25, 0.3) is 0 Å². The fraction of sp³-hybridized carbons (Fsp3) is 0.383. The Morgan fingerprint density at radius 1 is 0.704 bits per heavy atom. The normalized spacial score (nSPS) is 11.7. The lowest BCUT2D eigenvalue weighted by atomic mass is 9.82. The summed E-state index contributed by atoms with van der Waals surface area (Å²) in [5.41, 5.74) is 7.92. The number of fused-ring (bicyclic) bond motifs is 2. The van der Waals surface area contributed by atoms with Crippen LogP contribution in [0.2, 0.25) is 0 Å². The number of benzene rings is 4. The monoisotopic (exact) mass is 724 g/mol. The molecule has 2 N–H and O–H groups in total. The molecule has 7 heteroatoms. The molecule has 2 amide bonds. The summed E-state index contributed by atoms with van der Waals surface area (Å²) in [5.74, 6) is 1.10. The molecule has 4 aromatic carbocycles. The van der Waals surface area contributed by atoms with Crippen molar-refractivity contribution >= 4 is 34.1 Å². The summed E-state index contributed by atoms with van der Waals surface area (Å²) < 4.78 is 6.39. The Labute approximate surface area is 321 Å². The van der Waals surface area contributed by atoms with Gasteiger partial charge in [0, 0.05) is 42.3 Å². The van der Waals surface area contributed by atoms with Crippen molar-refractivity contribution in [2.24, 2.45) is 0 Å². The van der Waals surface area contributed by atoms with Gasteiger partial charge in [0.2, 0.25) is 0 Å². The molecule has 0 saturated carbocycles. The van der Waals surface area contributed by atoms with Crippen LogP contribution in [0.4, 0.5) is 16.2 Å². The molecule has 0 bridgehead atoms. The highest BCUT2D eigenvalue weighted by Gasteiger charge is 2.31. The molecular formula is C47H56N4O3. The molecule has 7 nitrogen and oxygen atoms in total. The van der Waals surface area contributed by atoms with Crippen LogP contribution in [0.25, 0.3) is 33.3 Å². The van der Waals surface area contributed by atoms with Crippen molar-refractivity contribution < 1.29 is 14.3 Å². The first kappa shape index (κ1) is 38.6. The molecule has 0 unspecified atom stereocenters. The fourth-order valence-electron chi connectivity index (χ4n) is 7.64. The molecule has 0 radical (unpaired) electrons. The van der Waals surface area contributed by atoms with Gasteiger partial charge in [-0.1, -0.05) is 121 Å². The first-order valence-corrected chi connectivity index (χ1v) is 20.2. The van der Waals surface area contributed by atoms with Crippen molar-refractivity contribution in [3.8, 4) is 33.9 Å². The molecule has 0 atom stereocenters. The van der Waals surface area contributed by atoms with Gasteiger partial charge in [-0.25, -0.2) is 9.78 Å². The molecule has 0 saturated heterocycles. The minimum absolute atomic E-state index is 0.0780. The number of rotatable bonds is 19. The Kier molecular flexibility index (Phi) is 13.4. The molecule has 1 aliphatic rings. The van der Waals surface area contributed by atoms with Crippen LogP contribution in [-0.2, 0) is 0 Å². The Bertz CT molecular complexity index is 2040. The third kappa shape index (κ3) is 8.95. The molecule has 5 aromatic rings. The van der Waals surface area contributed by atoms with Gasteiger partial charge in [-0.05, 0) is 78.9 Å². The number of nitrogens with one attached hydrogen (secondary N) is 2. The van der Waals surface area contributed by atoms with E-state index in [0.29, 0.717) is 28.3 Å². The van der Waals surface area contributed by atoms with Crippen LogP contribution in [-0.4, -0.2) is 36.9 Å². The number of carbonyl (C=O) groups excluding carboxylic acids is 2. The van der Waals surface area contributed by atoms with E-state index in [0.717, 1.165) is 70.5 Å². The zero-order valence-electron chi connectivity index (χ0n) is 32.6. The number of ketones is 1. The second-order valence-corrected chi connectivity index (χ2v) is 14.6. The highest BCUT2D eigenvalue weighted by Crippen LogP contribution is 2.46. The molecule has 0 fully saturated rings. The summed E-state index contributed by atoms with van der Waals surface area (Å²) in [6.07, 6.45) is 15.0. The quantitative estimate of drug-likeness (QED) is 0.0813. The lowest BCUT2D eigenvalue weighted by Crippen LogP contribution is -2.27. The van der Waals surface area contributed by atoms with Crippen LogP contribution in [0.5, 0.6) is 11.5 Å². The number of amides is 2. The maximum atomic E-state index is 14.2. The Balaban J connectivity index is 1.42. The topological polar surface area (TPSA) is 83.6 Å². The lowest BCUT2D eigenvalue weighted by molar-refractivity contribution is 0.103. The molecular weight excluding hydrogens is 669 g/mol. The number of pyridine rings is 1. The number of hydrogen-bond acceptors (Lipinski definition) is 5. The van der Waals surface area contributed by atoms with Gasteiger partial charge in [0.05, 0.1) is 22.5 Å². The van der Waals surface area contributed by atoms with E-state index in [1.807, 2.05) is 67.6 Å². The number of carbonyl (C=O) groups is 2. The van der Waals surface area contributed by atoms with E-state index in [-0.39, 0.29) is 11.8 Å². The Hall–Kier alpha value is -5.17. The summed E-state index contributed by atoms with van der Waals surface area (Å²) in [4.78, 5) is 34.9. The summed E-state index contributed by atoms with van der Waals surface area (Å²) in [7, 11) is 1.63. The van der Waals surface area contributed by atoms with Gasteiger partial charge >= 0.3 is 6.03 Å². The smallest absolute Gasteiger partial charge is 0.318 e. The van der Waals surface area contributed by atoms with E-state index >= 15 is 0 Å². The molecule has 0 aliphatic heterocycles. The number of hydrogen-bond donors (Lipinski definition) is 2. The second-order valence-electron chi connectivity index (χ2n) is 14.6. The molecule has 54 heavy (non-hydrogen) atoms. The van der Waals surface area contributed by atoms with Crippen molar-refractivity contribution in [2.75, 3.05) is 30.4 Å². The zero-order valence-corrected chi connectivity index (χ0v) is 32.6. The Morgan fingerprint density at radius 3 is 2.00 bits per heavy atom. The summed E-state index contributed by atoms with van der Waals surface area (Å²) in [6, 6.07) is 27.4.